The minimum atomic E-state index is -3.41. The molecule has 1 aromatic heterocycles. The van der Waals surface area contributed by atoms with Crippen molar-refractivity contribution in [2.45, 2.75) is 31.2 Å². The van der Waals surface area contributed by atoms with Gasteiger partial charge in [0, 0.05) is 25.5 Å². The molecule has 4 nitrogen and oxygen atoms in total. The second kappa shape index (κ2) is 7.11. The Morgan fingerprint density at radius 1 is 1.50 bits per heavy atom. The molecule has 0 aliphatic rings. The van der Waals surface area contributed by atoms with Crippen molar-refractivity contribution in [1.29, 1.82) is 0 Å². The van der Waals surface area contributed by atoms with Gasteiger partial charge in [0.2, 0.25) is 10.0 Å². The molecule has 0 aromatic carbocycles. The predicted octanol–water partition coefficient (Wildman–Crippen LogP) is 2.23. The fourth-order valence-corrected chi connectivity index (χ4v) is 3.64. The van der Waals surface area contributed by atoms with Gasteiger partial charge in [-0.05, 0) is 37.0 Å². The number of rotatable bonds is 7. The molecule has 0 aliphatic carbocycles. The quantitative estimate of drug-likeness (QED) is 0.722. The van der Waals surface area contributed by atoms with Gasteiger partial charge in [-0.25, -0.2) is 8.42 Å². The van der Waals surface area contributed by atoms with Crippen molar-refractivity contribution in [1.82, 2.24) is 9.29 Å². The van der Waals surface area contributed by atoms with E-state index in [1.165, 1.54) is 10.5 Å². The van der Waals surface area contributed by atoms with Gasteiger partial charge in [-0.3, -0.25) is 4.98 Å². The third-order valence-corrected chi connectivity index (χ3v) is 5.70. The van der Waals surface area contributed by atoms with E-state index in [1.54, 1.807) is 25.4 Å². The van der Waals surface area contributed by atoms with Crippen LogP contribution in [0.15, 0.2) is 29.4 Å². The number of pyridine rings is 1. The highest BCUT2D eigenvalue weighted by molar-refractivity contribution is 7.99. The number of nitrogens with zero attached hydrogens (tertiary/aromatic N) is 2. The minimum Gasteiger partial charge on any atom is -0.263 e. The molecule has 0 spiro atoms. The summed E-state index contributed by atoms with van der Waals surface area (Å²) in [5.41, 5.74) is 0. The Morgan fingerprint density at radius 3 is 2.78 bits per heavy atom. The molecule has 0 fully saturated rings. The summed E-state index contributed by atoms with van der Waals surface area (Å²) in [6.45, 7) is 4.04. The molecule has 0 unspecified atom stereocenters. The van der Waals surface area contributed by atoms with Crippen LogP contribution in [-0.2, 0) is 10.0 Å². The highest BCUT2D eigenvalue weighted by atomic mass is 32.2. The van der Waals surface area contributed by atoms with Crippen molar-refractivity contribution in [3.8, 4) is 0 Å². The molecule has 102 valence electrons. The molecule has 1 atom stereocenters. The zero-order valence-electron chi connectivity index (χ0n) is 11.0. The van der Waals surface area contributed by atoms with Crippen LogP contribution in [0.5, 0.6) is 0 Å². The standard InChI is InChI=1S/C12H20N2O2S2/c1-4-17-9-7-11(2)14(3)18(15,16)12-6-5-8-13-10-12/h5-6,8,10-11H,4,7,9H2,1-3H3/t11-/m0/s1. The summed E-state index contributed by atoms with van der Waals surface area (Å²) < 4.78 is 26.0. The van der Waals surface area contributed by atoms with Gasteiger partial charge in [-0.1, -0.05) is 6.92 Å². The van der Waals surface area contributed by atoms with Crippen molar-refractivity contribution in [2.75, 3.05) is 18.6 Å². The lowest BCUT2D eigenvalue weighted by atomic mass is 10.3. The van der Waals surface area contributed by atoms with Crippen molar-refractivity contribution in [3.63, 3.8) is 0 Å². The summed E-state index contributed by atoms with van der Waals surface area (Å²) in [5.74, 6) is 2.04. The summed E-state index contributed by atoms with van der Waals surface area (Å²) in [5, 5.41) is 0. The Balaban J connectivity index is 2.73. The average molecular weight is 288 g/mol. The fraction of sp³-hybridized carbons (Fsp3) is 0.583. The molecule has 1 aromatic rings. The van der Waals surface area contributed by atoms with E-state index in [0.29, 0.717) is 0 Å². The van der Waals surface area contributed by atoms with Gasteiger partial charge in [0.25, 0.3) is 0 Å². The highest BCUT2D eigenvalue weighted by Crippen LogP contribution is 2.17. The zero-order valence-corrected chi connectivity index (χ0v) is 12.7. The maximum absolute atomic E-state index is 12.3. The van der Waals surface area contributed by atoms with Crippen molar-refractivity contribution in [3.05, 3.63) is 24.5 Å². The van der Waals surface area contributed by atoms with Crippen LogP contribution in [0.25, 0.3) is 0 Å². The van der Waals surface area contributed by atoms with Gasteiger partial charge in [-0.2, -0.15) is 16.1 Å². The van der Waals surface area contributed by atoms with Crippen LogP contribution in [0.2, 0.25) is 0 Å². The average Bonchev–Trinajstić information content (AvgIpc) is 2.39. The fourth-order valence-electron chi connectivity index (χ4n) is 1.48. The second-order valence-electron chi connectivity index (χ2n) is 4.04. The monoisotopic (exact) mass is 288 g/mol. The Hall–Kier alpha value is -0.590. The third-order valence-electron chi connectivity index (χ3n) is 2.82. The molecule has 18 heavy (non-hydrogen) atoms. The number of sulfonamides is 1. The number of hydrogen-bond donors (Lipinski definition) is 0. The molecule has 0 radical (unpaired) electrons. The van der Waals surface area contributed by atoms with E-state index in [4.69, 9.17) is 0 Å². The molecule has 1 heterocycles. The highest BCUT2D eigenvalue weighted by Gasteiger charge is 2.24. The topological polar surface area (TPSA) is 50.3 Å². The first-order valence-electron chi connectivity index (χ1n) is 5.96. The summed E-state index contributed by atoms with van der Waals surface area (Å²) in [6.07, 6.45) is 3.81. The summed E-state index contributed by atoms with van der Waals surface area (Å²) in [7, 11) is -1.79. The van der Waals surface area contributed by atoms with Gasteiger partial charge in [-0.15, -0.1) is 0 Å². The lowest BCUT2D eigenvalue weighted by molar-refractivity contribution is 0.382. The minimum absolute atomic E-state index is 0.00532. The summed E-state index contributed by atoms with van der Waals surface area (Å²) >= 11 is 1.83. The van der Waals surface area contributed by atoms with E-state index in [-0.39, 0.29) is 10.9 Å². The summed E-state index contributed by atoms with van der Waals surface area (Å²) in [4.78, 5) is 4.11. The zero-order chi connectivity index (χ0) is 13.6. The Morgan fingerprint density at radius 2 is 2.22 bits per heavy atom. The molecule has 0 aliphatic heterocycles. The molecule has 0 saturated carbocycles. The van der Waals surface area contributed by atoms with Crippen LogP contribution in [0, 0.1) is 0 Å². The normalized spacial score (nSPS) is 13.8. The van der Waals surface area contributed by atoms with Gasteiger partial charge in [0.1, 0.15) is 4.90 Å². The predicted molar refractivity (Wildman–Crippen MR) is 76.3 cm³/mol. The van der Waals surface area contributed by atoms with Crippen LogP contribution in [-0.4, -0.2) is 42.3 Å². The Kier molecular flexibility index (Phi) is 6.11. The maximum atomic E-state index is 12.3. The third kappa shape index (κ3) is 3.96. The second-order valence-corrected chi connectivity index (χ2v) is 7.44. The smallest absolute Gasteiger partial charge is 0.244 e. The van der Waals surface area contributed by atoms with Gasteiger partial charge in [0.05, 0.1) is 0 Å². The van der Waals surface area contributed by atoms with Crippen LogP contribution < -0.4 is 0 Å². The van der Waals surface area contributed by atoms with Gasteiger partial charge < -0.3 is 0 Å². The molecule has 0 saturated heterocycles. The largest absolute Gasteiger partial charge is 0.263 e. The van der Waals surface area contributed by atoms with Crippen LogP contribution in [0.1, 0.15) is 20.3 Å². The molecule has 1 rings (SSSR count). The molecular weight excluding hydrogens is 268 g/mol. The number of thioether (sulfide) groups is 1. The maximum Gasteiger partial charge on any atom is 0.244 e. The first-order valence-corrected chi connectivity index (χ1v) is 8.55. The molecule has 0 N–H and O–H groups in total. The van der Waals surface area contributed by atoms with Crippen LogP contribution in [0.3, 0.4) is 0 Å². The molecule has 6 heteroatoms. The van der Waals surface area contributed by atoms with Gasteiger partial charge in [0.15, 0.2) is 0 Å². The van der Waals surface area contributed by atoms with E-state index >= 15 is 0 Å². The molecule has 0 bridgehead atoms. The Bertz CT molecular complexity index is 448. The van der Waals surface area contributed by atoms with E-state index in [1.807, 2.05) is 18.7 Å². The first-order chi connectivity index (χ1) is 8.50. The van der Waals surface area contributed by atoms with E-state index < -0.39 is 10.0 Å². The molecule has 0 amide bonds. The number of aromatic nitrogens is 1. The van der Waals surface area contributed by atoms with Crippen molar-refractivity contribution in [2.24, 2.45) is 0 Å². The van der Waals surface area contributed by atoms with Crippen LogP contribution >= 0.6 is 11.8 Å². The van der Waals surface area contributed by atoms with Crippen molar-refractivity contribution >= 4 is 21.8 Å². The Labute approximate surface area is 114 Å². The van der Waals surface area contributed by atoms with Crippen LogP contribution in [0.4, 0.5) is 0 Å². The summed E-state index contributed by atoms with van der Waals surface area (Å²) in [6, 6.07) is 3.21. The van der Waals surface area contributed by atoms with E-state index in [2.05, 4.69) is 11.9 Å². The van der Waals surface area contributed by atoms with E-state index in [9.17, 15) is 8.42 Å². The SMILES string of the molecule is CCSCC[C@H](C)N(C)S(=O)(=O)c1cccnc1. The lowest BCUT2D eigenvalue weighted by Crippen LogP contribution is -2.35. The van der Waals surface area contributed by atoms with Crippen molar-refractivity contribution < 1.29 is 8.42 Å². The van der Waals surface area contributed by atoms with Gasteiger partial charge >= 0.3 is 0 Å². The molecular formula is C12H20N2O2S2. The number of hydrogen-bond acceptors (Lipinski definition) is 4. The first kappa shape index (κ1) is 15.5. The lowest BCUT2D eigenvalue weighted by Gasteiger charge is -2.24. The van der Waals surface area contributed by atoms with E-state index in [0.717, 1.165) is 17.9 Å².